The lowest BCUT2D eigenvalue weighted by atomic mass is 10.0. The van der Waals surface area contributed by atoms with Gasteiger partial charge in [0.05, 0.1) is 27.8 Å². The number of para-hydroxylation sites is 3. The van der Waals surface area contributed by atoms with Gasteiger partial charge in [0.25, 0.3) is 0 Å². The van der Waals surface area contributed by atoms with Crippen LogP contribution in [0.1, 0.15) is 0 Å². The second-order valence-corrected chi connectivity index (χ2v) is 18.6. The average Bonchev–Trinajstić information content (AvgIpc) is 3.81. The van der Waals surface area contributed by atoms with Gasteiger partial charge in [-0.15, -0.1) is 0 Å². The van der Waals surface area contributed by atoms with Gasteiger partial charge in [-0.05, 0) is 80.4 Å². The highest BCUT2D eigenvalue weighted by Crippen LogP contribution is 2.41. The Kier molecular flexibility index (Phi) is 7.87. The van der Waals surface area contributed by atoms with E-state index >= 15 is 0 Å². The molecule has 11 aromatic rings. The summed E-state index contributed by atoms with van der Waals surface area (Å²) < 4.78 is 4.96. The number of hydrogen-bond donors (Lipinski definition) is 0. The monoisotopic (exact) mass is 742 g/mol. The first kappa shape index (κ1) is 33.2. The number of aromatic nitrogens is 2. The maximum Gasteiger partial charge on any atom is 0.180 e. The molecular weight excluding hydrogens is 705 g/mol. The highest BCUT2D eigenvalue weighted by Gasteiger charge is 2.43. The Balaban J connectivity index is 1.34. The lowest BCUT2D eigenvalue weighted by Gasteiger charge is -2.36. The summed E-state index contributed by atoms with van der Waals surface area (Å²) in [6.07, 6.45) is 0. The third-order valence-corrected chi connectivity index (χ3v) is 16.7. The van der Waals surface area contributed by atoms with Crippen LogP contribution in [0.25, 0.3) is 66.1 Å². The first-order valence-corrected chi connectivity index (χ1v) is 21.7. The number of rotatable bonds is 7. The summed E-state index contributed by atoms with van der Waals surface area (Å²) in [6, 6.07) is 85.4. The van der Waals surface area contributed by atoms with Gasteiger partial charge in [0.1, 0.15) is 0 Å². The van der Waals surface area contributed by atoms with Crippen LogP contribution < -0.4 is 20.7 Å². The molecular formula is C54H38N2Si. The van der Waals surface area contributed by atoms with Crippen molar-refractivity contribution < 1.29 is 0 Å². The van der Waals surface area contributed by atoms with Gasteiger partial charge in [-0.2, -0.15) is 0 Å². The molecule has 2 nitrogen and oxygen atoms in total. The second kappa shape index (κ2) is 13.5. The Morgan fingerprint density at radius 1 is 0.316 bits per heavy atom. The zero-order chi connectivity index (χ0) is 37.8. The van der Waals surface area contributed by atoms with E-state index in [1.807, 2.05) is 0 Å². The predicted molar refractivity (Wildman–Crippen MR) is 244 cm³/mol. The Bertz CT molecular complexity index is 3110. The lowest BCUT2D eigenvalue weighted by molar-refractivity contribution is 1.17. The fraction of sp³-hybridized carbons (Fsp3) is 0. The average molecular weight is 743 g/mol. The standard InChI is InChI=1S/C54H38N2Si/c1-6-21-39(22-7-1)46-37-47-44-31-16-18-33-48(44)56(51-36-20-35-50-54(51)45-32-17-19-34-49(45)55(50)40-23-8-2-9-24-40)52(47)38-53(46)57(41-25-10-3-11-26-41,42-27-12-4-13-28-42)43-29-14-5-15-30-43/h1-38H. The van der Waals surface area contributed by atoms with Crippen molar-refractivity contribution in [1.29, 1.82) is 0 Å². The van der Waals surface area contributed by atoms with Gasteiger partial charge in [-0.1, -0.05) is 182 Å². The molecule has 0 aliphatic heterocycles. The van der Waals surface area contributed by atoms with Crippen LogP contribution in [-0.4, -0.2) is 17.2 Å². The summed E-state index contributed by atoms with van der Waals surface area (Å²) in [4.78, 5) is 0. The van der Waals surface area contributed by atoms with E-state index in [0.717, 1.165) is 5.69 Å². The number of nitrogens with zero attached hydrogens (tertiary/aromatic N) is 2. The van der Waals surface area contributed by atoms with E-state index in [-0.39, 0.29) is 0 Å². The fourth-order valence-corrected chi connectivity index (χ4v) is 14.5. The molecule has 0 aliphatic rings. The molecule has 11 rings (SSSR count). The van der Waals surface area contributed by atoms with Crippen LogP contribution in [0.3, 0.4) is 0 Å². The van der Waals surface area contributed by atoms with Crippen molar-refractivity contribution in [3.8, 4) is 22.5 Å². The molecule has 0 unspecified atom stereocenters. The van der Waals surface area contributed by atoms with E-state index in [9.17, 15) is 0 Å². The molecule has 0 bridgehead atoms. The van der Waals surface area contributed by atoms with Crippen molar-refractivity contribution in [3.63, 3.8) is 0 Å². The van der Waals surface area contributed by atoms with Crippen LogP contribution in [0, 0.1) is 0 Å². The quantitative estimate of drug-likeness (QED) is 0.114. The number of benzene rings is 9. The highest BCUT2D eigenvalue weighted by molar-refractivity contribution is 7.20. The first-order chi connectivity index (χ1) is 28.3. The van der Waals surface area contributed by atoms with Crippen LogP contribution in [0.4, 0.5) is 0 Å². The maximum absolute atomic E-state index is 2.97. The van der Waals surface area contributed by atoms with Gasteiger partial charge in [-0.3, -0.25) is 0 Å². The topological polar surface area (TPSA) is 9.86 Å². The van der Waals surface area contributed by atoms with Gasteiger partial charge in [0.15, 0.2) is 8.07 Å². The number of fused-ring (bicyclic) bond motifs is 6. The third kappa shape index (κ3) is 5.10. The zero-order valence-electron chi connectivity index (χ0n) is 31.3. The first-order valence-electron chi connectivity index (χ1n) is 19.7. The molecule has 2 aromatic heterocycles. The largest absolute Gasteiger partial charge is 0.309 e. The summed E-state index contributed by atoms with van der Waals surface area (Å²) in [6.45, 7) is 0. The van der Waals surface area contributed by atoms with Gasteiger partial charge < -0.3 is 9.13 Å². The smallest absolute Gasteiger partial charge is 0.180 e. The van der Waals surface area contributed by atoms with Crippen molar-refractivity contribution in [2.45, 2.75) is 0 Å². The van der Waals surface area contributed by atoms with Gasteiger partial charge in [0.2, 0.25) is 0 Å². The summed E-state index contributed by atoms with van der Waals surface area (Å²) in [5, 5.41) is 10.4. The SMILES string of the molecule is c1ccc(-c2cc3c4ccccc4n(-c4cccc5c4c4ccccc4n5-c4ccccc4)c3cc2[Si](c2ccccc2)(c2ccccc2)c2ccccc2)cc1. The van der Waals surface area contributed by atoms with Crippen LogP contribution in [0.15, 0.2) is 231 Å². The normalized spacial score (nSPS) is 11.9. The molecule has 57 heavy (non-hydrogen) atoms. The minimum absolute atomic E-state index is 1.15. The molecule has 3 heteroatoms. The van der Waals surface area contributed by atoms with Crippen LogP contribution in [0.2, 0.25) is 0 Å². The van der Waals surface area contributed by atoms with E-state index < -0.39 is 8.07 Å². The molecule has 9 aromatic carbocycles. The molecule has 2 heterocycles. The van der Waals surface area contributed by atoms with Crippen molar-refractivity contribution >= 4 is 72.4 Å². The molecule has 0 radical (unpaired) electrons. The molecule has 0 atom stereocenters. The highest BCUT2D eigenvalue weighted by atomic mass is 28.3. The Morgan fingerprint density at radius 3 is 1.39 bits per heavy atom. The molecule has 0 N–H and O–H groups in total. The minimum Gasteiger partial charge on any atom is -0.309 e. The Hall–Kier alpha value is -7.20. The van der Waals surface area contributed by atoms with Gasteiger partial charge in [0, 0.05) is 27.2 Å². The Labute approximate surface area is 333 Å². The van der Waals surface area contributed by atoms with Crippen LogP contribution >= 0.6 is 0 Å². The number of hydrogen-bond acceptors (Lipinski definition) is 0. The third-order valence-electron chi connectivity index (χ3n) is 11.9. The van der Waals surface area contributed by atoms with Crippen LogP contribution in [0.5, 0.6) is 0 Å². The van der Waals surface area contributed by atoms with Crippen molar-refractivity contribution in [3.05, 3.63) is 231 Å². The summed E-state index contributed by atoms with van der Waals surface area (Å²) in [5.41, 5.74) is 9.61. The van der Waals surface area contributed by atoms with Crippen molar-refractivity contribution in [1.82, 2.24) is 9.13 Å². The van der Waals surface area contributed by atoms with E-state index in [2.05, 4.69) is 240 Å². The summed E-state index contributed by atoms with van der Waals surface area (Å²) in [7, 11) is -2.97. The van der Waals surface area contributed by atoms with Crippen molar-refractivity contribution in [2.75, 3.05) is 0 Å². The van der Waals surface area contributed by atoms with Crippen LogP contribution in [-0.2, 0) is 0 Å². The minimum atomic E-state index is -2.97. The van der Waals surface area contributed by atoms with Gasteiger partial charge in [-0.25, -0.2) is 0 Å². The maximum atomic E-state index is 2.58. The van der Waals surface area contributed by atoms with E-state index in [0.29, 0.717) is 0 Å². The molecule has 0 fully saturated rings. The van der Waals surface area contributed by atoms with E-state index in [4.69, 9.17) is 0 Å². The van der Waals surface area contributed by atoms with E-state index in [1.165, 1.54) is 81.2 Å². The summed E-state index contributed by atoms with van der Waals surface area (Å²) in [5.74, 6) is 0. The Morgan fingerprint density at radius 2 is 0.789 bits per heavy atom. The zero-order valence-corrected chi connectivity index (χ0v) is 32.3. The molecule has 0 aliphatic carbocycles. The fourth-order valence-electron chi connectivity index (χ4n) is 9.51. The molecule has 0 saturated heterocycles. The second-order valence-electron chi connectivity index (χ2n) is 14.8. The summed E-state index contributed by atoms with van der Waals surface area (Å²) >= 11 is 0. The van der Waals surface area contributed by atoms with E-state index in [1.54, 1.807) is 0 Å². The predicted octanol–water partition coefficient (Wildman–Crippen LogP) is 10.9. The molecule has 0 amide bonds. The molecule has 0 spiro atoms. The lowest BCUT2D eigenvalue weighted by Crippen LogP contribution is -2.75. The van der Waals surface area contributed by atoms with Crippen molar-refractivity contribution in [2.24, 2.45) is 0 Å². The molecule has 0 saturated carbocycles. The molecule has 268 valence electrons. The van der Waals surface area contributed by atoms with Gasteiger partial charge >= 0.3 is 0 Å².